The molecule has 2 aromatic rings. The minimum absolute atomic E-state index is 0.111. The summed E-state index contributed by atoms with van der Waals surface area (Å²) in [6.07, 6.45) is -10.9. The molecule has 1 aliphatic heterocycles. The lowest BCUT2D eigenvalue weighted by Gasteiger charge is -2.68. The van der Waals surface area contributed by atoms with Crippen molar-refractivity contribution in [1.82, 2.24) is 5.32 Å². The predicted octanol–water partition coefficient (Wildman–Crippen LogP) is 2.62. The van der Waals surface area contributed by atoms with Crippen molar-refractivity contribution in [3.05, 3.63) is 71.8 Å². The van der Waals surface area contributed by atoms with Crippen LogP contribution in [-0.4, -0.2) is 109 Å². The van der Waals surface area contributed by atoms with Gasteiger partial charge in [0.05, 0.1) is 35.8 Å². The van der Waals surface area contributed by atoms with E-state index < -0.39 is 118 Å². The van der Waals surface area contributed by atoms with Crippen molar-refractivity contribution >= 4 is 23.8 Å². The van der Waals surface area contributed by atoms with E-state index >= 15 is 0 Å². The number of Topliss-reactive ketones (excluding diaryl/α,β-unsaturated/α-hetero) is 1. The van der Waals surface area contributed by atoms with E-state index in [0.717, 1.165) is 0 Å². The number of hydrogen-bond acceptors (Lipinski definition) is 13. The van der Waals surface area contributed by atoms with Crippen LogP contribution in [0, 0.1) is 28.6 Å². The lowest BCUT2D eigenvalue weighted by atomic mass is 9.42. The topological polar surface area (TPSA) is 218 Å². The van der Waals surface area contributed by atoms with Crippen LogP contribution in [0.5, 0.6) is 0 Å². The molecule has 2 bridgehead atoms. The number of fused-ring (bicyclic) bond motifs is 5. The lowest BCUT2D eigenvalue weighted by molar-refractivity contribution is -0.354. The molecule has 0 aromatic heterocycles. The average Bonchev–Trinajstić information content (AvgIpc) is 3.12. The number of alkyl carbamates (subject to hydrolysis) is 1. The second-order valence-corrected chi connectivity index (χ2v) is 17.5. The summed E-state index contributed by atoms with van der Waals surface area (Å²) in [6, 6.07) is 14.8. The van der Waals surface area contributed by atoms with Gasteiger partial charge in [-0.15, -0.1) is 0 Å². The van der Waals surface area contributed by atoms with Gasteiger partial charge in [-0.1, -0.05) is 69.3 Å². The highest BCUT2D eigenvalue weighted by Gasteiger charge is 2.77. The summed E-state index contributed by atoms with van der Waals surface area (Å²) in [4.78, 5) is 55.5. The highest BCUT2D eigenvalue weighted by molar-refractivity contribution is 5.92. The second kappa shape index (κ2) is 14.2. The van der Waals surface area contributed by atoms with Crippen molar-refractivity contribution in [2.24, 2.45) is 28.6 Å². The van der Waals surface area contributed by atoms with Crippen LogP contribution in [0.3, 0.4) is 0 Å². The van der Waals surface area contributed by atoms with Crippen LogP contribution in [0.4, 0.5) is 4.79 Å². The fourth-order valence-corrected chi connectivity index (χ4v) is 9.72. The molecule has 4 aliphatic rings. The Labute approximate surface area is 320 Å². The standard InChI is InChI=1S/C41H53NO13/c1-21-24(53-35(48)30(45)28(22-14-10-8-11-15-22)42-36(49)55-37(2,3)4)19-41(51)33(54-34(47)23-16-12-9-13-17-23)31-39(7,25(43)18-26-40(31,50)20-52-26)32(46)29(44)27(21)38(41,5)6/h8-17,21,24-31,33,43-45,50-51H,18-20H2,1-7H3,(H,42,49)/t21-,24+,25-,26-,27-,28+,29-,30-,31+,33+,39-,40+,41-/m1/s1. The van der Waals surface area contributed by atoms with Crippen molar-refractivity contribution in [2.75, 3.05) is 6.61 Å². The molecule has 0 spiro atoms. The van der Waals surface area contributed by atoms with Crippen LogP contribution in [0.1, 0.15) is 83.3 Å². The summed E-state index contributed by atoms with van der Waals surface area (Å²) in [5.41, 5.74) is -7.98. The molecule has 3 saturated carbocycles. The molecular weight excluding hydrogens is 714 g/mol. The van der Waals surface area contributed by atoms with Crippen molar-refractivity contribution in [1.29, 1.82) is 0 Å². The summed E-state index contributed by atoms with van der Waals surface area (Å²) in [6.45, 7) is 10.9. The minimum atomic E-state index is -2.25. The Bertz CT molecular complexity index is 1780. The Morgan fingerprint density at radius 2 is 1.55 bits per heavy atom. The third-order valence-corrected chi connectivity index (χ3v) is 12.8. The van der Waals surface area contributed by atoms with Crippen molar-refractivity contribution in [3.8, 4) is 0 Å². The first-order valence-corrected chi connectivity index (χ1v) is 18.7. The summed E-state index contributed by atoms with van der Waals surface area (Å²) in [5.74, 6) is -6.46. The van der Waals surface area contributed by atoms with Gasteiger partial charge in [0.1, 0.15) is 35.1 Å². The normalized spacial score (nSPS) is 37.6. The van der Waals surface area contributed by atoms with Crippen LogP contribution in [-0.2, 0) is 28.5 Å². The van der Waals surface area contributed by atoms with Gasteiger partial charge in [0.25, 0.3) is 0 Å². The van der Waals surface area contributed by atoms with Gasteiger partial charge in [-0.2, -0.15) is 0 Å². The van der Waals surface area contributed by atoms with Gasteiger partial charge in [-0.25, -0.2) is 14.4 Å². The zero-order chi connectivity index (χ0) is 40.5. The molecule has 55 heavy (non-hydrogen) atoms. The predicted molar refractivity (Wildman–Crippen MR) is 194 cm³/mol. The largest absolute Gasteiger partial charge is 0.460 e. The van der Waals surface area contributed by atoms with Gasteiger partial charge in [0.15, 0.2) is 11.9 Å². The maximum atomic E-state index is 14.7. The number of carbonyl (C=O) groups excluding carboxylic acids is 4. The minimum Gasteiger partial charge on any atom is -0.460 e. The number of aliphatic hydroxyl groups excluding tert-OH is 3. The molecule has 2 aromatic carbocycles. The number of benzene rings is 2. The summed E-state index contributed by atoms with van der Waals surface area (Å²) >= 11 is 0. The van der Waals surface area contributed by atoms with E-state index in [2.05, 4.69) is 5.32 Å². The van der Waals surface area contributed by atoms with Crippen molar-refractivity contribution < 1.29 is 63.7 Å². The number of rotatable bonds is 7. The van der Waals surface area contributed by atoms with Gasteiger partial charge in [-0.3, -0.25) is 4.79 Å². The molecule has 0 unspecified atom stereocenters. The van der Waals surface area contributed by atoms with Gasteiger partial charge in [0, 0.05) is 30.1 Å². The second-order valence-electron chi connectivity index (χ2n) is 17.5. The van der Waals surface area contributed by atoms with Crippen LogP contribution >= 0.6 is 0 Å². The molecule has 14 heteroatoms. The van der Waals surface area contributed by atoms with Gasteiger partial charge in [-0.05, 0) is 51.3 Å². The quantitative estimate of drug-likeness (QED) is 0.177. The van der Waals surface area contributed by atoms with E-state index in [1.54, 1.807) is 90.1 Å². The van der Waals surface area contributed by atoms with E-state index in [9.17, 15) is 44.7 Å². The molecule has 1 saturated heterocycles. The molecule has 13 atom stereocenters. The summed E-state index contributed by atoms with van der Waals surface area (Å²) in [7, 11) is 0. The Morgan fingerprint density at radius 3 is 2.11 bits per heavy atom. The number of ketones is 1. The van der Waals surface area contributed by atoms with Crippen LogP contribution in [0.2, 0.25) is 0 Å². The molecule has 0 radical (unpaired) electrons. The highest BCUT2D eigenvalue weighted by Crippen LogP contribution is 2.64. The molecule has 14 nitrogen and oxygen atoms in total. The van der Waals surface area contributed by atoms with Crippen LogP contribution in [0.15, 0.2) is 60.7 Å². The third kappa shape index (κ3) is 6.74. The molecule has 6 N–H and O–H groups in total. The van der Waals surface area contributed by atoms with E-state index in [1.807, 2.05) is 0 Å². The van der Waals surface area contributed by atoms with Crippen LogP contribution < -0.4 is 5.32 Å². The maximum Gasteiger partial charge on any atom is 0.408 e. The van der Waals surface area contributed by atoms with E-state index in [1.165, 1.54) is 19.1 Å². The van der Waals surface area contributed by atoms with Crippen molar-refractivity contribution in [3.63, 3.8) is 0 Å². The van der Waals surface area contributed by atoms with Crippen molar-refractivity contribution in [2.45, 2.75) is 121 Å². The summed E-state index contributed by atoms with van der Waals surface area (Å²) in [5, 5.41) is 63.3. The number of esters is 2. The van der Waals surface area contributed by atoms with E-state index in [4.69, 9.17) is 18.9 Å². The fraction of sp³-hybridized carbons (Fsp3) is 0.610. The first kappa shape index (κ1) is 40.7. The first-order valence-electron chi connectivity index (χ1n) is 18.7. The van der Waals surface area contributed by atoms with Gasteiger partial charge in [0.2, 0.25) is 0 Å². The van der Waals surface area contributed by atoms with E-state index in [0.29, 0.717) is 5.56 Å². The highest BCUT2D eigenvalue weighted by atomic mass is 16.6. The molecule has 300 valence electrons. The van der Waals surface area contributed by atoms with Gasteiger partial charge < -0.3 is 49.8 Å². The monoisotopic (exact) mass is 767 g/mol. The number of amides is 1. The zero-order valence-electron chi connectivity index (χ0n) is 32.2. The Balaban J connectivity index is 1.42. The number of carbonyl (C=O) groups is 4. The lowest BCUT2D eigenvalue weighted by Crippen LogP contribution is -2.82. The molecule has 3 aliphatic carbocycles. The molecule has 1 amide bonds. The molecule has 1 heterocycles. The Morgan fingerprint density at radius 1 is 0.945 bits per heavy atom. The number of aliphatic hydroxyl groups is 5. The third-order valence-electron chi connectivity index (χ3n) is 12.8. The molecular formula is C41H53NO13. The molecule has 6 rings (SSSR count). The van der Waals surface area contributed by atoms with Gasteiger partial charge >= 0.3 is 18.0 Å². The Kier molecular flexibility index (Phi) is 10.5. The SMILES string of the molecule is C[C@H]1[C@@H]2[C@@H](O)C(=O)[C@]3(C)[C@H](O)C[C@H]4OC[C@@]4(O)[C@H]3[C@H](OC(=O)c3ccccc3)[C@](O)(C[C@@H]1OC(=O)[C@H](O)[C@@H](NC(=O)OC(C)(C)C)c1ccccc1)C2(C)C. The maximum absolute atomic E-state index is 14.7. The fourth-order valence-electron chi connectivity index (χ4n) is 9.72. The molecule has 4 fully saturated rings. The Hall–Kier alpha value is -3.92. The number of ether oxygens (including phenoxy) is 4. The van der Waals surface area contributed by atoms with E-state index in [-0.39, 0.29) is 18.6 Å². The summed E-state index contributed by atoms with van der Waals surface area (Å²) < 4.78 is 23.3. The zero-order valence-corrected chi connectivity index (χ0v) is 32.2. The first-order chi connectivity index (χ1) is 25.6. The number of nitrogens with one attached hydrogen (secondary N) is 1. The smallest absolute Gasteiger partial charge is 0.408 e. The average molecular weight is 768 g/mol. The van der Waals surface area contributed by atoms with Crippen LogP contribution in [0.25, 0.3) is 0 Å². The number of hydrogen-bond donors (Lipinski definition) is 6.